The molecule has 0 aliphatic rings. The van der Waals surface area contributed by atoms with Crippen LogP contribution in [0.4, 0.5) is 0 Å². The monoisotopic (exact) mass is 396 g/mol. The third-order valence-electron chi connectivity index (χ3n) is 3.81. The third-order valence-corrected chi connectivity index (χ3v) is 3.81. The molecule has 0 spiro atoms. The Labute approximate surface area is 169 Å². The van der Waals surface area contributed by atoms with Gasteiger partial charge in [-0.3, -0.25) is 14.4 Å². The number of amides is 2. The van der Waals surface area contributed by atoms with E-state index in [9.17, 15) is 14.4 Å². The fraction of sp³-hybridized carbons (Fsp3) is 0.227. The van der Waals surface area contributed by atoms with Gasteiger partial charge in [0.05, 0.1) is 6.10 Å². The molecule has 0 aliphatic heterocycles. The summed E-state index contributed by atoms with van der Waals surface area (Å²) in [5.74, 6) is -1.68. The third kappa shape index (κ3) is 6.80. The van der Waals surface area contributed by atoms with E-state index in [1.54, 1.807) is 54.6 Å². The highest BCUT2D eigenvalue weighted by Gasteiger charge is 2.19. The van der Waals surface area contributed by atoms with Gasteiger partial charge in [0.1, 0.15) is 17.5 Å². The summed E-state index contributed by atoms with van der Waals surface area (Å²) in [6, 6.07) is 14.3. The summed E-state index contributed by atoms with van der Waals surface area (Å²) in [4.78, 5) is 36.1. The lowest BCUT2D eigenvalue weighted by Gasteiger charge is -2.14. The van der Waals surface area contributed by atoms with Gasteiger partial charge in [0.15, 0.2) is 0 Å². The van der Waals surface area contributed by atoms with Crippen molar-refractivity contribution in [2.75, 3.05) is 0 Å². The lowest BCUT2D eigenvalue weighted by atomic mass is 10.1. The number of nitrogens with one attached hydrogen (secondary N) is 2. The van der Waals surface area contributed by atoms with Gasteiger partial charge in [0, 0.05) is 5.56 Å². The Balaban J connectivity index is 2.27. The van der Waals surface area contributed by atoms with Gasteiger partial charge in [0.25, 0.3) is 11.8 Å². The predicted molar refractivity (Wildman–Crippen MR) is 109 cm³/mol. The minimum atomic E-state index is -1.18. The number of benzene rings is 2. The first-order chi connectivity index (χ1) is 13.8. The minimum absolute atomic E-state index is 0.0281. The van der Waals surface area contributed by atoms with Crippen molar-refractivity contribution in [1.82, 2.24) is 10.6 Å². The van der Waals surface area contributed by atoms with Crippen LogP contribution in [-0.2, 0) is 9.59 Å². The standard InChI is InChI=1S/C22H24N2O5/c1-14(2)29-18-11-9-16(10-12-18)13-19(21(26)23-15(3)22(27)28)24-20(25)17-7-5-4-6-8-17/h4-15H,1-3H3,(H,23,26)(H,24,25)(H,27,28). The molecule has 152 valence electrons. The number of hydrogen-bond acceptors (Lipinski definition) is 4. The van der Waals surface area contributed by atoms with Gasteiger partial charge in [-0.15, -0.1) is 0 Å². The zero-order valence-corrected chi connectivity index (χ0v) is 16.5. The molecule has 7 heteroatoms. The van der Waals surface area contributed by atoms with E-state index in [0.29, 0.717) is 16.9 Å². The first kappa shape index (κ1) is 21.7. The average molecular weight is 396 g/mol. The first-order valence-electron chi connectivity index (χ1n) is 9.14. The van der Waals surface area contributed by atoms with E-state index < -0.39 is 23.8 Å². The van der Waals surface area contributed by atoms with Crippen molar-refractivity contribution >= 4 is 23.9 Å². The average Bonchev–Trinajstić information content (AvgIpc) is 2.68. The zero-order valence-electron chi connectivity index (χ0n) is 16.5. The van der Waals surface area contributed by atoms with Gasteiger partial charge in [-0.2, -0.15) is 0 Å². The SMILES string of the molecule is CC(C)Oc1ccc(C=C(NC(=O)c2ccccc2)C(=O)NC(C)C(=O)O)cc1. The maximum atomic E-state index is 12.6. The number of carboxylic acid groups (broad SMARTS) is 1. The predicted octanol–water partition coefficient (Wildman–Crippen LogP) is 2.83. The second-order valence-corrected chi connectivity index (χ2v) is 6.65. The maximum Gasteiger partial charge on any atom is 0.325 e. The molecule has 2 aromatic carbocycles. The van der Waals surface area contributed by atoms with Crippen molar-refractivity contribution in [1.29, 1.82) is 0 Å². The molecule has 2 rings (SSSR count). The Hall–Kier alpha value is -3.61. The Morgan fingerprint density at radius 3 is 2.14 bits per heavy atom. The molecule has 29 heavy (non-hydrogen) atoms. The van der Waals surface area contributed by atoms with E-state index in [0.717, 1.165) is 0 Å². The van der Waals surface area contributed by atoms with Crippen LogP contribution in [0.15, 0.2) is 60.3 Å². The van der Waals surface area contributed by atoms with E-state index in [-0.39, 0.29) is 11.8 Å². The quantitative estimate of drug-likeness (QED) is 0.595. The highest BCUT2D eigenvalue weighted by atomic mass is 16.5. The Kier molecular flexibility index (Phi) is 7.54. The van der Waals surface area contributed by atoms with Gasteiger partial charge < -0.3 is 20.5 Å². The van der Waals surface area contributed by atoms with Crippen LogP contribution in [0.2, 0.25) is 0 Å². The Morgan fingerprint density at radius 2 is 1.59 bits per heavy atom. The molecule has 0 heterocycles. The molecule has 0 bridgehead atoms. The van der Waals surface area contributed by atoms with Crippen molar-refractivity contribution in [3.05, 3.63) is 71.4 Å². The molecule has 7 nitrogen and oxygen atoms in total. The van der Waals surface area contributed by atoms with Crippen LogP contribution in [0.1, 0.15) is 36.7 Å². The van der Waals surface area contributed by atoms with Crippen molar-refractivity contribution in [2.24, 2.45) is 0 Å². The van der Waals surface area contributed by atoms with Crippen molar-refractivity contribution < 1.29 is 24.2 Å². The van der Waals surface area contributed by atoms with Crippen LogP contribution >= 0.6 is 0 Å². The molecule has 0 saturated heterocycles. The molecule has 0 aliphatic carbocycles. The van der Waals surface area contributed by atoms with Crippen LogP contribution in [-0.4, -0.2) is 35.0 Å². The van der Waals surface area contributed by atoms with Gasteiger partial charge in [-0.05, 0) is 56.7 Å². The molecule has 3 N–H and O–H groups in total. The summed E-state index contributed by atoms with van der Waals surface area (Å²) >= 11 is 0. The van der Waals surface area contributed by atoms with Crippen LogP contribution in [0.25, 0.3) is 6.08 Å². The largest absolute Gasteiger partial charge is 0.491 e. The van der Waals surface area contributed by atoms with Gasteiger partial charge in [-0.25, -0.2) is 0 Å². The summed E-state index contributed by atoms with van der Waals surface area (Å²) in [6.45, 7) is 5.17. The first-order valence-corrected chi connectivity index (χ1v) is 9.14. The molecular formula is C22H24N2O5. The van der Waals surface area contributed by atoms with E-state index in [4.69, 9.17) is 9.84 Å². The van der Waals surface area contributed by atoms with E-state index in [1.165, 1.54) is 13.0 Å². The topological polar surface area (TPSA) is 105 Å². The van der Waals surface area contributed by atoms with Crippen LogP contribution < -0.4 is 15.4 Å². The van der Waals surface area contributed by atoms with E-state index in [2.05, 4.69) is 10.6 Å². The number of ether oxygens (including phenoxy) is 1. The molecular weight excluding hydrogens is 372 g/mol. The Bertz CT molecular complexity index is 889. The highest BCUT2D eigenvalue weighted by molar-refractivity contribution is 6.06. The number of aliphatic carboxylic acids is 1. The fourth-order valence-electron chi connectivity index (χ4n) is 2.36. The Morgan fingerprint density at radius 1 is 0.966 bits per heavy atom. The second-order valence-electron chi connectivity index (χ2n) is 6.65. The number of carbonyl (C=O) groups is 3. The normalized spacial score (nSPS) is 12.2. The second kappa shape index (κ2) is 10.1. The highest BCUT2D eigenvalue weighted by Crippen LogP contribution is 2.16. The molecule has 0 radical (unpaired) electrons. The van der Waals surface area contributed by atoms with Gasteiger partial charge in [-0.1, -0.05) is 30.3 Å². The summed E-state index contributed by atoms with van der Waals surface area (Å²) in [5, 5.41) is 13.9. The number of carboxylic acids is 1. The molecule has 0 fully saturated rings. The van der Waals surface area contributed by atoms with Crippen molar-refractivity contribution in [3.63, 3.8) is 0 Å². The number of hydrogen-bond donors (Lipinski definition) is 3. The maximum absolute atomic E-state index is 12.6. The summed E-state index contributed by atoms with van der Waals surface area (Å²) in [5.41, 5.74) is 0.949. The smallest absolute Gasteiger partial charge is 0.325 e. The molecule has 0 saturated carbocycles. The van der Waals surface area contributed by atoms with Crippen LogP contribution in [0.5, 0.6) is 5.75 Å². The number of carbonyl (C=O) groups excluding carboxylic acids is 2. The van der Waals surface area contributed by atoms with Crippen LogP contribution in [0, 0.1) is 0 Å². The number of rotatable bonds is 8. The van der Waals surface area contributed by atoms with E-state index in [1.807, 2.05) is 13.8 Å². The van der Waals surface area contributed by atoms with Crippen LogP contribution in [0.3, 0.4) is 0 Å². The van der Waals surface area contributed by atoms with Gasteiger partial charge in [0.2, 0.25) is 0 Å². The summed E-state index contributed by atoms with van der Waals surface area (Å²) < 4.78 is 5.59. The fourth-order valence-corrected chi connectivity index (χ4v) is 2.36. The van der Waals surface area contributed by atoms with Crippen molar-refractivity contribution in [3.8, 4) is 5.75 Å². The molecule has 2 amide bonds. The molecule has 1 atom stereocenters. The van der Waals surface area contributed by atoms with E-state index >= 15 is 0 Å². The summed E-state index contributed by atoms with van der Waals surface area (Å²) in [6.07, 6.45) is 1.50. The van der Waals surface area contributed by atoms with Crippen molar-refractivity contribution in [2.45, 2.75) is 32.9 Å². The zero-order chi connectivity index (χ0) is 21.4. The molecule has 2 aromatic rings. The summed E-state index contributed by atoms with van der Waals surface area (Å²) in [7, 11) is 0. The molecule has 1 unspecified atom stereocenters. The van der Waals surface area contributed by atoms with Gasteiger partial charge >= 0.3 is 5.97 Å². The lowest BCUT2D eigenvalue weighted by molar-refractivity contribution is -0.140. The lowest BCUT2D eigenvalue weighted by Crippen LogP contribution is -2.42. The molecule has 0 aromatic heterocycles. The minimum Gasteiger partial charge on any atom is -0.491 e.